The van der Waals surface area contributed by atoms with Crippen molar-refractivity contribution in [1.29, 1.82) is 0 Å². The highest BCUT2D eigenvalue weighted by Crippen LogP contribution is 2.19. The molecule has 1 aromatic rings. The molecule has 18 heavy (non-hydrogen) atoms. The lowest BCUT2D eigenvalue weighted by molar-refractivity contribution is -0.140. The molecule has 98 valence electrons. The molecule has 0 spiro atoms. The first-order valence-electron chi connectivity index (χ1n) is 5.85. The molecule has 0 fully saturated rings. The van der Waals surface area contributed by atoms with Gasteiger partial charge in [0.05, 0.1) is 0 Å². The molecule has 0 radical (unpaired) electrons. The summed E-state index contributed by atoms with van der Waals surface area (Å²) in [5.41, 5.74) is 5.99. The maximum absolute atomic E-state index is 11.7. The predicted octanol–water partition coefficient (Wildman–Crippen LogP) is 1.23. The quantitative estimate of drug-likeness (QED) is 0.795. The van der Waals surface area contributed by atoms with Crippen LogP contribution in [0.5, 0.6) is 0 Å². The van der Waals surface area contributed by atoms with Crippen LogP contribution in [-0.2, 0) is 9.59 Å². The van der Waals surface area contributed by atoms with Crippen molar-refractivity contribution in [2.45, 2.75) is 25.8 Å². The van der Waals surface area contributed by atoms with Gasteiger partial charge in [-0.15, -0.1) is 0 Å². The Labute approximate surface area is 106 Å². The number of carbonyl (C=O) groups is 2. The normalized spacial score (nSPS) is 11.9. The number of carboxylic acids is 1. The number of hydrogen-bond donors (Lipinski definition) is 2. The fourth-order valence-electron chi connectivity index (χ4n) is 1.84. The van der Waals surface area contributed by atoms with Crippen LogP contribution in [0.2, 0.25) is 0 Å². The molecule has 0 aliphatic rings. The van der Waals surface area contributed by atoms with Crippen molar-refractivity contribution < 1.29 is 14.7 Å². The number of aliphatic carboxylic acids is 1. The minimum Gasteiger partial charge on any atom is -0.480 e. The fraction of sp³-hybridized carbons (Fsp3) is 0.385. The average Bonchev–Trinajstić information content (AvgIpc) is 2.34. The minimum atomic E-state index is -1.01. The molecule has 3 N–H and O–H groups in total. The van der Waals surface area contributed by atoms with Crippen molar-refractivity contribution in [2.75, 3.05) is 11.4 Å². The van der Waals surface area contributed by atoms with Gasteiger partial charge in [-0.1, -0.05) is 18.2 Å². The summed E-state index contributed by atoms with van der Waals surface area (Å²) in [4.78, 5) is 24.3. The largest absolute Gasteiger partial charge is 0.480 e. The third kappa shape index (κ3) is 3.56. The Kier molecular flexibility index (Phi) is 5.32. The Morgan fingerprint density at radius 2 is 1.94 bits per heavy atom. The summed E-state index contributed by atoms with van der Waals surface area (Å²) in [7, 11) is 0. The van der Waals surface area contributed by atoms with Gasteiger partial charge < -0.3 is 10.8 Å². The van der Waals surface area contributed by atoms with Gasteiger partial charge in [-0.3, -0.25) is 9.69 Å². The fourth-order valence-corrected chi connectivity index (χ4v) is 1.84. The summed E-state index contributed by atoms with van der Waals surface area (Å²) in [5, 5.41) is 9.25. The number of carbonyl (C=O) groups excluding carboxylic acids is 1. The Bertz CT molecular complexity index is 406. The van der Waals surface area contributed by atoms with E-state index in [1.165, 1.54) is 11.8 Å². The van der Waals surface area contributed by atoms with E-state index in [-0.39, 0.29) is 5.91 Å². The zero-order valence-corrected chi connectivity index (χ0v) is 10.4. The molecule has 0 bridgehead atoms. The second-order valence-corrected chi connectivity index (χ2v) is 4.01. The van der Waals surface area contributed by atoms with Crippen molar-refractivity contribution in [3.8, 4) is 0 Å². The van der Waals surface area contributed by atoms with E-state index in [1.54, 1.807) is 24.3 Å². The number of nitrogens with zero attached hydrogens (tertiary/aromatic N) is 1. The summed E-state index contributed by atoms with van der Waals surface area (Å²) >= 11 is 0. The zero-order valence-electron chi connectivity index (χ0n) is 10.4. The van der Waals surface area contributed by atoms with Gasteiger partial charge in [0, 0.05) is 12.6 Å². The number of nitrogens with two attached hydrogens (primary N) is 1. The van der Waals surface area contributed by atoms with E-state index in [2.05, 4.69) is 0 Å². The van der Waals surface area contributed by atoms with Crippen LogP contribution in [0.1, 0.15) is 19.8 Å². The molecule has 1 amide bonds. The van der Waals surface area contributed by atoms with Crippen LogP contribution in [0.4, 0.5) is 5.69 Å². The number of carboxylic acid groups (broad SMARTS) is 1. The van der Waals surface area contributed by atoms with Crippen molar-refractivity contribution >= 4 is 17.6 Å². The van der Waals surface area contributed by atoms with Gasteiger partial charge in [0.15, 0.2) is 0 Å². The molecule has 1 rings (SSSR count). The summed E-state index contributed by atoms with van der Waals surface area (Å²) < 4.78 is 0. The van der Waals surface area contributed by atoms with Gasteiger partial charge in [0.25, 0.3) is 0 Å². The first kappa shape index (κ1) is 14.2. The molecule has 1 atom stereocenters. The second-order valence-electron chi connectivity index (χ2n) is 4.01. The zero-order chi connectivity index (χ0) is 13.5. The lowest BCUT2D eigenvalue weighted by atomic mass is 10.1. The van der Waals surface area contributed by atoms with E-state index in [0.29, 0.717) is 25.1 Å². The smallest absolute Gasteiger partial charge is 0.326 e. The van der Waals surface area contributed by atoms with Gasteiger partial charge in [-0.25, -0.2) is 4.79 Å². The summed E-state index contributed by atoms with van der Waals surface area (Å²) in [6.07, 6.45) is 0.911. The molecular weight excluding hydrogens is 232 g/mol. The molecule has 0 aromatic heterocycles. The Hall–Kier alpha value is -1.88. The van der Waals surface area contributed by atoms with Gasteiger partial charge in [-0.2, -0.15) is 0 Å². The van der Waals surface area contributed by atoms with E-state index < -0.39 is 12.0 Å². The third-order valence-corrected chi connectivity index (χ3v) is 2.65. The summed E-state index contributed by atoms with van der Waals surface area (Å²) in [6, 6.07) is 7.94. The highest BCUT2D eigenvalue weighted by Gasteiger charge is 2.28. The lowest BCUT2D eigenvalue weighted by Crippen LogP contribution is -2.44. The SMILES string of the molecule is CC(=O)N(c1ccccc1)C(CCCN)C(=O)O. The van der Waals surface area contributed by atoms with Crippen molar-refractivity contribution in [2.24, 2.45) is 5.73 Å². The number of rotatable bonds is 6. The van der Waals surface area contributed by atoms with Gasteiger partial charge in [0.1, 0.15) is 6.04 Å². The maximum atomic E-state index is 11.7. The molecule has 0 aliphatic carbocycles. The summed E-state index contributed by atoms with van der Waals surface area (Å²) in [6.45, 7) is 1.77. The van der Waals surface area contributed by atoms with E-state index in [9.17, 15) is 14.7 Å². The van der Waals surface area contributed by atoms with Crippen LogP contribution in [0.3, 0.4) is 0 Å². The number of benzene rings is 1. The number of para-hydroxylation sites is 1. The van der Waals surface area contributed by atoms with Crippen LogP contribution in [0.25, 0.3) is 0 Å². The molecule has 0 saturated carbocycles. The highest BCUT2D eigenvalue weighted by atomic mass is 16.4. The number of anilines is 1. The first-order chi connectivity index (χ1) is 8.57. The Morgan fingerprint density at radius 3 is 2.39 bits per heavy atom. The molecule has 0 saturated heterocycles. The molecule has 1 aromatic carbocycles. The molecule has 5 nitrogen and oxygen atoms in total. The molecular formula is C13H18N2O3. The predicted molar refractivity (Wildman–Crippen MR) is 69.3 cm³/mol. The van der Waals surface area contributed by atoms with Crippen LogP contribution in [0, 0.1) is 0 Å². The van der Waals surface area contributed by atoms with Crippen LogP contribution < -0.4 is 10.6 Å². The van der Waals surface area contributed by atoms with E-state index >= 15 is 0 Å². The van der Waals surface area contributed by atoms with E-state index in [0.717, 1.165) is 0 Å². The standard InChI is InChI=1S/C13H18N2O3/c1-10(16)15(11-6-3-2-4-7-11)12(13(17)18)8-5-9-14/h2-4,6-7,12H,5,8-9,14H2,1H3,(H,17,18). The monoisotopic (exact) mass is 250 g/mol. The number of amides is 1. The Balaban J connectivity index is 3.01. The van der Waals surface area contributed by atoms with Crippen LogP contribution in [0.15, 0.2) is 30.3 Å². The Morgan fingerprint density at radius 1 is 1.33 bits per heavy atom. The molecule has 0 aliphatic heterocycles. The van der Waals surface area contributed by atoms with Gasteiger partial charge >= 0.3 is 5.97 Å². The van der Waals surface area contributed by atoms with E-state index in [1.807, 2.05) is 6.07 Å². The highest BCUT2D eigenvalue weighted by molar-refractivity contribution is 5.97. The maximum Gasteiger partial charge on any atom is 0.326 e. The lowest BCUT2D eigenvalue weighted by Gasteiger charge is -2.28. The topological polar surface area (TPSA) is 83.6 Å². The van der Waals surface area contributed by atoms with Crippen LogP contribution in [-0.4, -0.2) is 29.6 Å². The first-order valence-corrected chi connectivity index (χ1v) is 5.85. The van der Waals surface area contributed by atoms with Gasteiger partial charge in [-0.05, 0) is 31.5 Å². The van der Waals surface area contributed by atoms with Crippen LogP contribution >= 0.6 is 0 Å². The van der Waals surface area contributed by atoms with E-state index in [4.69, 9.17) is 5.73 Å². The van der Waals surface area contributed by atoms with Crippen molar-refractivity contribution in [1.82, 2.24) is 0 Å². The molecule has 1 unspecified atom stereocenters. The molecule has 5 heteroatoms. The summed E-state index contributed by atoms with van der Waals surface area (Å²) in [5.74, 6) is -1.30. The van der Waals surface area contributed by atoms with Crippen molar-refractivity contribution in [3.05, 3.63) is 30.3 Å². The second kappa shape index (κ2) is 6.76. The van der Waals surface area contributed by atoms with Gasteiger partial charge in [0.2, 0.25) is 5.91 Å². The third-order valence-electron chi connectivity index (χ3n) is 2.65. The average molecular weight is 250 g/mol. The minimum absolute atomic E-state index is 0.286. The number of hydrogen-bond acceptors (Lipinski definition) is 3. The van der Waals surface area contributed by atoms with Crippen molar-refractivity contribution in [3.63, 3.8) is 0 Å². The molecule has 0 heterocycles.